The molecule has 0 spiro atoms. The third-order valence-corrected chi connectivity index (χ3v) is 4.45. The van der Waals surface area contributed by atoms with Gasteiger partial charge in [0, 0.05) is 12.2 Å². The van der Waals surface area contributed by atoms with Gasteiger partial charge in [-0.2, -0.15) is 0 Å². The van der Waals surface area contributed by atoms with E-state index in [1.54, 1.807) is 6.07 Å². The van der Waals surface area contributed by atoms with Gasteiger partial charge in [-0.25, -0.2) is 4.39 Å². The monoisotopic (exact) mass is 349 g/mol. The van der Waals surface area contributed by atoms with Crippen LogP contribution in [0.15, 0.2) is 40.9 Å². The number of ether oxygens (including phenoxy) is 1. The summed E-state index contributed by atoms with van der Waals surface area (Å²) in [6.07, 6.45) is 1.01. The molecular weight excluding hydrogens is 333 g/mol. The summed E-state index contributed by atoms with van der Waals surface area (Å²) in [4.78, 5) is 0. The molecule has 2 aromatic rings. The number of hydrogen-bond donors (Lipinski definition) is 1. The Morgan fingerprint density at radius 2 is 2.14 bits per heavy atom. The summed E-state index contributed by atoms with van der Waals surface area (Å²) in [5.74, 6) is -0.239. The van der Waals surface area contributed by atoms with Gasteiger partial charge in [0.05, 0.1) is 17.2 Å². The van der Waals surface area contributed by atoms with Gasteiger partial charge in [0.15, 0.2) is 0 Å². The van der Waals surface area contributed by atoms with Gasteiger partial charge in [0.2, 0.25) is 0 Å². The molecule has 1 N–H and O–H groups in total. The lowest BCUT2D eigenvalue weighted by molar-refractivity contribution is 0.0513. The zero-order valence-corrected chi connectivity index (χ0v) is 13.4. The molecule has 2 nitrogen and oxygen atoms in total. The van der Waals surface area contributed by atoms with Crippen LogP contribution in [-0.2, 0) is 11.2 Å². The average Bonchev–Trinajstić information content (AvgIpc) is 2.49. The second-order valence-corrected chi connectivity index (χ2v) is 6.12. The van der Waals surface area contributed by atoms with Gasteiger partial charge in [-0.15, -0.1) is 0 Å². The molecule has 0 saturated heterocycles. The number of benzene rings is 2. The predicted octanol–water partition coefficient (Wildman–Crippen LogP) is 4.62. The van der Waals surface area contributed by atoms with Crippen molar-refractivity contribution in [2.75, 3.05) is 18.5 Å². The Morgan fingerprint density at radius 1 is 1.33 bits per heavy atom. The van der Waals surface area contributed by atoms with Crippen LogP contribution in [0.25, 0.3) is 0 Å². The standard InChI is InChI=1S/C17H17BrFNO/c1-11-8-15(19)14(18)9-16(11)20-10-17-13-5-3-2-4-12(13)6-7-21-17/h2-5,8-9,17,20H,6-7,10H2,1H3. The van der Waals surface area contributed by atoms with Gasteiger partial charge >= 0.3 is 0 Å². The minimum absolute atomic E-state index is 0.0400. The van der Waals surface area contributed by atoms with Gasteiger partial charge in [-0.1, -0.05) is 24.3 Å². The lowest BCUT2D eigenvalue weighted by Gasteiger charge is -2.27. The number of rotatable bonds is 3. The van der Waals surface area contributed by atoms with Crippen LogP contribution in [-0.4, -0.2) is 13.2 Å². The van der Waals surface area contributed by atoms with Crippen molar-refractivity contribution in [2.45, 2.75) is 19.4 Å². The number of fused-ring (bicyclic) bond motifs is 1. The number of aryl methyl sites for hydroxylation is 1. The lowest BCUT2D eigenvalue weighted by Crippen LogP contribution is -2.23. The Hall–Kier alpha value is -1.39. The molecule has 1 atom stereocenters. The number of anilines is 1. The van der Waals surface area contributed by atoms with E-state index in [2.05, 4.69) is 39.4 Å². The first-order valence-corrected chi connectivity index (χ1v) is 7.83. The van der Waals surface area contributed by atoms with E-state index in [0.717, 1.165) is 24.3 Å². The molecule has 0 bridgehead atoms. The van der Waals surface area contributed by atoms with Crippen LogP contribution in [0.1, 0.15) is 22.8 Å². The highest BCUT2D eigenvalue weighted by molar-refractivity contribution is 9.10. The fourth-order valence-corrected chi connectivity index (χ4v) is 3.03. The molecule has 110 valence electrons. The Labute approximate surface area is 132 Å². The quantitative estimate of drug-likeness (QED) is 0.872. The molecule has 2 aromatic carbocycles. The molecule has 3 rings (SSSR count). The maximum absolute atomic E-state index is 13.5. The molecule has 0 radical (unpaired) electrons. The molecule has 21 heavy (non-hydrogen) atoms. The average molecular weight is 350 g/mol. The van der Waals surface area contributed by atoms with E-state index in [-0.39, 0.29) is 11.9 Å². The fourth-order valence-electron chi connectivity index (χ4n) is 2.69. The minimum atomic E-state index is -0.239. The zero-order chi connectivity index (χ0) is 14.8. The molecule has 0 aliphatic carbocycles. The van der Waals surface area contributed by atoms with E-state index in [1.165, 1.54) is 17.2 Å². The minimum Gasteiger partial charge on any atom is -0.382 e. The van der Waals surface area contributed by atoms with Crippen molar-refractivity contribution in [3.63, 3.8) is 0 Å². The van der Waals surface area contributed by atoms with E-state index < -0.39 is 0 Å². The number of nitrogens with one attached hydrogen (secondary N) is 1. The molecule has 0 saturated carbocycles. The lowest BCUT2D eigenvalue weighted by atomic mass is 9.97. The van der Waals surface area contributed by atoms with Gasteiger partial charge in [-0.05, 0) is 58.1 Å². The van der Waals surface area contributed by atoms with Gasteiger partial charge < -0.3 is 10.1 Å². The third-order valence-electron chi connectivity index (χ3n) is 3.84. The second kappa shape index (κ2) is 6.16. The van der Waals surface area contributed by atoms with Gasteiger partial charge in [-0.3, -0.25) is 0 Å². The summed E-state index contributed by atoms with van der Waals surface area (Å²) in [6, 6.07) is 11.7. The second-order valence-electron chi connectivity index (χ2n) is 5.27. The Morgan fingerprint density at radius 3 is 3.00 bits per heavy atom. The Kier molecular flexibility index (Phi) is 4.27. The van der Waals surface area contributed by atoms with E-state index in [9.17, 15) is 4.39 Å². The van der Waals surface area contributed by atoms with Crippen LogP contribution in [0, 0.1) is 12.7 Å². The van der Waals surface area contributed by atoms with Crippen LogP contribution in [0.3, 0.4) is 0 Å². The van der Waals surface area contributed by atoms with Crippen LogP contribution >= 0.6 is 15.9 Å². The molecule has 0 fully saturated rings. The van der Waals surface area contributed by atoms with Crippen LogP contribution in [0.2, 0.25) is 0 Å². The summed E-state index contributed by atoms with van der Waals surface area (Å²) < 4.78 is 19.8. The van der Waals surface area contributed by atoms with E-state index in [4.69, 9.17) is 4.74 Å². The highest BCUT2D eigenvalue weighted by Crippen LogP contribution is 2.29. The third kappa shape index (κ3) is 3.11. The largest absolute Gasteiger partial charge is 0.382 e. The van der Waals surface area contributed by atoms with Crippen LogP contribution in [0.5, 0.6) is 0 Å². The van der Waals surface area contributed by atoms with Crippen molar-refractivity contribution in [3.05, 3.63) is 63.4 Å². The maximum atomic E-state index is 13.5. The van der Waals surface area contributed by atoms with Crippen molar-refractivity contribution >= 4 is 21.6 Å². The molecular formula is C17H17BrFNO. The highest BCUT2D eigenvalue weighted by Gasteiger charge is 2.20. The van der Waals surface area contributed by atoms with Gasteiger partial charge in [0.25, 0.3) is 0 Å². The van der Waals surface area contributed by atoms with Crippen LogP contribution in [0.4, 0.5) is 10.1 Å². The van der Waals surface area contributed by atoms with Crippen LogP contribution < -0.4 is 5.32 Å². The Balaban J connectivity index is 1.76. The summed E-state index contributed by atoms with van der Waals surface area (Å²) >= 11 is 3.23. The fraction of sp³-hybridized carbons (Fsp3) is 0.294. The predicted molar refractivity (Wildman–Crippen MR) is 86.2 cm³/mol. The number of halogens is 2. The summed E-state index contributed by atoms with van der Waals surface area (Å²) in [5, 5.41) is 3.37. The first kappa shape index (κ1) is 14.5. The maximum Gasteiger partial charge on any atom is 0.137 e. The van der Waals surface area contributed by atoms with Crippen molar-refractivity contribution < 1.29 is 9.13 Å². The first-order valence-electron chi connectivity index (χ1n) is 7.04. The van der Waals surface area contributed by atoms with Crippen molar-refractivity contribution in [2.24, 2.45) is 0 Å². The highest BCUT2D eigenvalue weighted by atomic mass is 79.9. The molecule has 0 aromatic heterocycles. The molecule has 1 aliphatic heterocycles. The summed E-state index contributed by atoms with van der Waals surface area (Å²) in [7, 11) is 0. The molecule has 1 unspecified atom stereocenters. The summed E-state index contributed by atoms with van der Waals surface area (Å²) in [5.41, 5.74) is 4.41. The van der Waals surface area contributed by atoms with Gasteiger partial charge in [0.1, 0.15) is 5.82 Å². The SMILES string of the molecule is Cc1cc(F)c(Br)cc1NCC1OCCc2ccccc21. The zero-order valence-electron chi connectivity index (χ0n) is 11.8. The van der Waals surface area contributed by atoms with Crippen molar-refractivity contribution in [1.82, 2.24) is 0 Å². The molecule has 0 amide bonds. The normalized spacial score (nSPS) is 17.4. The van der Waals surface area contributed by atoms with E-state index in [1.807, 2.05) is 13.0 Å². The molecule has 1 aliphatic rings. The summed E-state index contributed by atoms with van der Waals surface area (Å²) in [6.45, 7) is 3.32. The topological polar surface area (TPSA) is 21.3 Å². The van der Waals surface area contributed by atoms with E-state index in [0.29, 0.717) is 11.0 Å². The van der Waals surface area contributed by atoms with E-state index >= 15 is 0 Å². The first-order chi connectivity index (χ1) is 10.1. The molecule has 4 heteroatoms. The molecule has 1 heterocycles. The number of hydrogen-bond acceptors (Lipinski definition) is 2. The van der Waals surface area contributed by atoms with Crippen molar-refractivity contribution in [1.29, 1.82) is 0 Å². The van der Waals surface area contributed by atoms with Crippen molar-refractivity contribution in [3.8, 4) is 0 Å². The smallest absolute Gasteiger partial charge is 0.137 e. The Bertz CT molecular complexity index is 659.